The minimum absolute atomic E-state index is 0.00668. The first-order valence-corrected chi connectivity index (χ1v) is 6.55. The van der Waals surface area contributed by atoms with E-state index in [0.717, 1.165) is 17.0 Å². The SMILES string of the molecule is CCC(N)C(OCC(C)C)c1cccc(Cl)c1. The van der Waals surface area contributed by atoms with Crippen LogP contribution in [0.5, 0.6) is 0 Å². The predicted octanol–water partition coefficient (Wildman–Crippen LogP) is 3.79. The minimum Gasteiger partial charge on any atom is -0.372 e. The van der Waals surface area contributed by atoms with E-state index >= 15 is 0 Å². The van der Waals surface area contributed by atoms with Crippen LogP contribution < -0.4 is 5.73 Å². The van der Waals surface area contributed by atoms with Crippen LogP contribution in [0.4, 0.5) is 0 Å². The van der Waals surface area contributed by atoms with Gasteiger partial charge in [-0.25, -0.2) is 0 Å². The lowest BCUT2D eigenvalue weighted by Gasteiger charge is -2.25. The minimum atomic E-state index is -0.0684. The van der Waals surface area contributed by atoms with Gasteiger partial charge in [0.25, 0.3) is 0 Å². The molecule has 0 saturated carbocycles. The lowest BCUT2D eigenvalue weighted by Crippen LogP contribution is -2.30. The second kappa shape index (κ2) is 7.00. The Balaban J connectivity index is 2.82. The number of halogens is 1. The lowest BCUT2D eigenvalue weighted by molar-refractivity contribution is 0.0178. The van der Waals surface area contributed by atoms with Crippen LogP contribution >= 0.6 is 11.6 Å². The van der Waals surface area contributed by atoms with Crippen LogP contribution in [0.25, 0.3) is 0 Å². The summed E-state index contributed by atoms with van der Waals surface area (Å²) in [4.78, 5) is 0. The summed E-state index contributed by atoms with van der Waals surface area (Å²) >= 11 is 6.00. The van der Waals surface area contributed by atoms with E-state index in [1.807, 2.05) is 24.3 Å². The molecule has 0 bridgehead atoms. The molecule has 1 rings (SSSR count). The number of benzene rings is 1. The van der Waals surface area contributed by atoms with Crippen molar-refractivity contribution in [2.75, 3.05) is 6.61 Å². The molecule has 1 aromatic rings. The number of nitrogens with two attached hydrogens (primary N) is 1. The van der Waals surface area contributed by atoms with E-state index in [2.05, 4.69) is 20.8 Å². The van der Waals surface area contributed by atoms with E-state index < -0.39 is 0 Å². The summed E-state index contributed by atoms with van der Waals surface area (Å²) in [5.41, 5.74) is 7.18. The molecule has 0 saturated heterocycles. The summed E-state index contributed by atoms with van der Waals surface area (Å²) in [6.45, 7) is 7.05. The zero-order valence-corrected chi connectivity index (χ0v) is 11.6. The largest absolute Gasteiger partial charge is 0.372 e. The highest BCUT2D eigenvalue weighted by atomic mass is 35.5. The molecule has 0 fully saturated rings. The van der Waals surface area contributed by atoms with Crippen LogP contribution in [-0.4, -0.2) is 12.6 Å². The Morgan fingerprint density at radius 3 is 2.59 bits per heavy atom. The fourth-order valence-corrected chi connectivity index (χ4v) is 1.86. The van der Waals surface area contributed by atoms with Gasteiger partial charge in [-0.15, -0.1) is 0 Å². The van der Waals surface area contributed by atoms with Gasteiger partial charge in [0, 0.05) is 17.7 Å². The van der Waals surface area contributed by atoms with E-state index in [4.69, 9.17) is 22.1 Å². The fraction of sp³-hybridized carbons (Fsp3) is 0.571. The van der Waals surface area contributed by atoms with Crippen molar-refractivity contribution in [3.63, 3.8) is 0 Å². The molecule has 0 aliphatic heterocycles. The molecule has 2 atom stereocenters. The van der Waals surface area contributed by atoms with Crippen molar-refractivity contribution in [3.05, 3.63) is 34.9 Å². The molecule has 0 spiro atoms. The molecular formula is C14H22ClNO. The summed E-state index contributed by atoms with van der Waals surface area (Å²) in [6, 6.07) is 7.76. The van der Waals surface area contributed by atoms with Crippen LogP contribution in [0.15, 0.2) is 24.3 Å². The van der Waals surface area contributed by atoms with Crippen molar-refractivity contribution in [1.29, 1.82) is 0 Å². The summed E-state index contributed by atoms with van der Waals surface area (Å²) in [7, 11) is 0. The van der Waals surface area contributed by atoms with Gasteiger partial charge in [-0.3, -0.25) is 0 Å². The first kappa shape index (κ1) is 14.5. The average Bonchev–Trinajstić information content (AvgIpc) is 2.28. The molecular weight excluding hydrogens is 234 g/mol. The predicted molar refractivity (Wildman–Crippen MR) is 73.2 cm³/mol. The van der Waals surface area contributed by atoms with E-state index in [-0.39, 0.29) is 12.1 Å². The van der Waals surface area contributed by atoms with Gasteiger partial charge in [-0.1, -0.05) is 44.5 Å². The highest BCUT2D eigenvalue weighted by molar-refractivity contribution is 6.30. The van der Waals surface area contributed by atoms with Gasteiger partial charge in [0.05, 0.1) is 6.10 Å². The summed E-state index contributed by atoms with van der Waals surface area (Å²) in [5.74, 6) is 0.501. The molecule has 3 heteroatoms. The van der Waals surface area contributed by atoms with Crippen LogP contribution in [-0.2, 0) is 4.74 Å². The van der Waals surface area contributed by atoms with Crippen molar-refractivity contribution in [3.8, 4) is 0 Å². The van der Waals surface area contributed by atoms with Gasteiger partial charge in [-0.05, 0) is 30.0 Å². The Hall–Kier alpha value is -0.570. The molecule has 0 amide bonds. The number of hydrogen-bond donors (Lipinski definition) is 1. The topological polar surface area (TPSA) is 35.2 Å². The zero-order chi connectivity index (χ0) is 12.8. The Labute approximate surface area is 109 Å². The second-order valence-corrected chi connectivity index (χ2v) is 5.21. The van der Waals surface area contributed by atoms with Crippen LogP contribution in [0.2, 0.25) is 5.02 Å². The molecule has 0 aromatic heterocycles. The maximum Gasteiger partial charge on any atom is 0.0976 e. The van der Waals surface area contributed by atoms with Gasteiger partial charge >= 0.3 is 0 Å². The van der Waals surface area contributed by atoms with E-state index in [9.17, 15) is 0 Å². The molecule has 2 nitrogen and oxygen atoms in total. The van der Waals surface area contributed by atoms with Gasteiger partial charge < -0.3 is 10.5 Å². The average molecular weight is 256 g/mol. The summed E-state index contributed by atoms with van der Waals surface area (Å²) < 4.78 is 5.91. The Morgan fingerprint density at radius 1 is 1.35 bits per heavy atom. The highest BCUT2D eigenvalue weighted by Gasteiger charge is 2.19. The monoisotopic (exact) mass is 255 g/mol. The number of rotatable bonds is 6. The van der Waals surface area contributed by atoms with Gasteiger partial charge in [-0.2, -0.15) is 0 Å². The van der Waals surface area contributed by atoms with Crippen molar-refractivity contribution in [2.45, 2.75) is 39.3 Å². The van der Waals surface area contributed by atoms with E-state index in [1.54, 1.807) is 0 Å². The molecule has 0 radical (unpaired) electrons. The standard InChI is InChI=1S/C14H22ClNO/c1-4-13(16)14(17-9-10(2)3)11-6-5-7-12(15)8-11/h5-8,10,13-14H,4,9,16H2,1-3H3. The molecule has 96 valence electrons. The number of hydrogen-bond acceptors (Lipinski definition) is 2. The third kappa shape index (κ3) is 4.66. The van der Waals surface area contributed by atoms with Gasteiger partial charge in [0.2, 0.25) is 0 Å². The molecule has 0 aliphatic rings. The zero-order valence-electron chi connectivity index (χ0n) is 10.8. The Bertz CT molecular complexity index is 341. The first-order valence-electron chi connectivity index (χ1n) is 6.17. The molecule has 0 aliphatic carbocycles. The van der Waals surface area contributed by atoms with Crippen LogP contribution in [0.3, 0.4) is 0 Å². The summed E-state index contributed by atoms with van der Waals surface area (Å²) in [5, 5.41) is 0.726. The molecule has 2 N–H and O–H groups in total. The Morgan fingerprint density at radius 2 is 2.06 bits per heavy atom. The van der Waals surface area contributed by atoms with Crippen molar-refractivity contribution in [1.82, 2.24) is 0 Å². The van der Waals surface area contributed by atoms with Crippen molar-refractivity contribution in [2.24, 2.45) is 11.7 Å². The lowest BCUT2D eigenvalue weighted by atomic mass is 10.0. The first-order chi connectivity index (χ1) is 8.04. The highest BCUT2D eigenvalue weighted by Crippen LogP contribution is 2.25. The van der Waals surface area contributed by atoms with Gasteiger partial charge in [0.15, 0.2) is 0 Å². The smallest absolute Gasteiger partial charge is 0.0976 e. The molecule has 1 aromatic carbocycles. The maximum absolute atomic E-state index is 6.12. The molecule has 0 heterocycles. The van der Waals surface area contributed by atoms with Crippen LogP contribution in [0.1, 0.15) is 38.9 Å². The third-order valence-corrected chi connectivity index (χ3v) is 2.88. The van der Waals surface area contributed by atoms with Gasteiger partial charge in [0.1, 0.15) is 0 Å². The Kier molecular flexibility index (Phi) is 5.96. The number of ether oxygens (including phenoxy) is 1. The summed E-state index contributed by atoms with van der Waals surface area (Å²) in [6.07, 6.45) is 0.816. The third-order valence-electron chi connectivity index (χ3n) is 2.65. The van der Waals surface area contributed by atoms with E-state index in [1.165, 1.54) is 0 Å². The molecule has 2 unspecified atom stereocenters. The fourth-order valence-electron chi connectivity index (χ4n) is 1.66. The van der Waals surface area contributed by atoms with E-state index in [0.29, 0.717) is 12.5 Å². The molecule has 17 heavy (non-hydrogen) atoms. The normalized spacial score (nSPS) is 14.9. The maximum atomic E-state index is 6.12. The van der Waals surface area contributed by atoms with Crippen LogP contribution in [0, 0.1) is 5.92 Å². The quantitative estimate of drug-likeness (QED) is 0.839. The van der Waals surface area contributed by atoms with Crippen molar-refractivity contribution >= 4 is 11.6 Å². The van der Waals surface area contributed by atoms with Crippen molar-refractivity contribution < 1.29 is 4.74 Å². The second-order valence-electron chi connectivity index (χ2n) is 4.77.